The first-order chi connectivity index (χ1) is 17.9. The van der Waals surface area contributed by atoms with Gasteiger partial charge in [0.15, 0.2) is 11.9 Å². The van der Waals surface area contributed by atoms with E-state index in [1.165, 1.54) is 6.92 Å². The highest BCUT2D eigenvalue weighted by Gasteiger charge is 2.55. The summed E-state index contributed by atoms with van der Waals surface area (Å²) in [6.45, 7) is 5.78. The van der Waals surface area contributed by atoms with Crippen molar-refractivity contribution in [2.45, 2.75) is 70.7 Å². The average Bonchev–Trinajstić information content (AvgIpc) is 3.08. The summed E-state index contributed by atoms with van der Waals surface area (Å²) >= 11 is 0. The van der Waals surface area contributed by atoms with Gasteiger partial charge in [0.25, 0.3) is 5.56 Å². The molecule has 6 atom stereocenters. The molecule has 1 aromatic heterocycles. The summed E-state index contributed by atoms with van der Waals surface area (Å²) in [5, 5.41) is 13.1. The molecule has 1 aromatic carbocycles. The van der Waals surface area contributed by atoms with Crippen molar-refractivity contribution in [3.8, 4) is 5.75 Å². The van der Waals surface area contributed by atoms with E-state index >= 15 is 4.39 Å². The molecule has 2 aromatic rings. The number of hydrogen-bond acceptors (Lipinski definition) is 9. The van der Waals surface area contributed by atoms with Crippen LogP contribution in [0.25, 0.3) is 0 Å². The molecule has 38 heavy (non-hydrogen) atoms. The molecule has 1 fully saturated rings. The van der Waals surface area contributed by atoms with Crippen LogP contribution in [-0.4, -0.2) is 57.8 Å². The number of esters is 1. The van der Waals surface area contributed by atoms with Gasteiger partial charge in [-0.2, -0.15) is 5.09 Å². The number of benzene rings is 1. The number of nitrogens with zero attached hydrogens (tertiary/aromatic N) is 1. The van der Waals surface area contributed by atoms with Crippen LogP contribution in [0.15, 0.2) is 46.1 Å². The van der Waals surface area contributed by atoms with Gasteiger partial charge >= 0.3 is 19.4 Å². The second kappa shape index (κ2) is 12.4. The molecular weight excluding hydrogens is 524 g/mol. The minimum absolute atomic E-state index is 0.166. The molecule has 0 aliphatic carbocycles. The summed E-state index contributed by atoms with van der Waals surface area (Å²) in [4.78, 5) is 37.9. The zero-order valence-corrected chi connectivity index (χ0v) is 22.5. The van der Waals surface area contributed by atoms with E-state index in [1.54, 1.807) is 24.3 Å². The molecule has 1 saturated heterocycles. The topological polar surface area (TPSA) is 158 Å². The molecule has 0 amide bonds. The van der Waals surface area contributed by atoms with E-state index in [0.29, 0.717) is 6.42 Å². The molecule has 14 heteroatoms. The standard InChI is InChI=1S/C24H33FN3O9P/c1-5-6-13-34-21(31)16(3)27-38(33,37-17-9-7-15(2)8-10-17)35-14-18-20(30)24(4,25)22(36-18)28-12-11-19(29)26-23(28)32/h7-12,16,18,20,22,30H,5-6,13-14H2,1-4H3,(H,27,33)(H,26,29,32)/t16-,18+,20+,22+,24+,38?/m0/s1. The number of unbranched alkanes of at least 4 members (excludes halogenated alkanes) is 1. The predicted molar refractivity (Wildman–Crippen MR) is 135 cm³/mol. The Bertz CT molecular complexity index is 1260. The number of rotatable bonds is 12. The van der Waals surface area contributed by atoms with Gasteiger partial charge in [-0.25, -0.2) is 13.8 Å². The number of hydrogen-bond donors (Lipinski definition) is 3. The zero-order chi connectivity index (χ0) is 28.1. The Labute approximate surface area is 218 Å². The number of aromatic nitrogens is 2. The number of ether oxygens (including phenoxy) is 2. The van der Waals surface area contributed by atoms with Crippen LogP contribution in [0, 0.1) is 6.92 Å². The highest BCUT2D eigenvalue weighted by atomic mass is 31.2. The van der Waals surface area contributed by atoms with Crippen molar-refractivity contribution >= 4 is 13.7 Å². The SMILES string of the molecule is CCCCOC(=O)[C@H](C)NP(=O)(OC[C@H]1O[C@@H](n2ccc(=O)[nH]c2=O)[C@](C)(F)[C@@H]1O)Oc1ccc(C)cc1. The average molecular weight is 558 g/mol. The summed E-state index contributed by atoms with van der Waals surface area (Å²) < 4.78 is 51.8. The van der Waals surface area contributed by atoms with Crippen molar-refractivity contribution < 1.29 is 37.4 Å². The smallest absolute Gasteiger partial charge is 0.459 e. The Morgan fingerprint density at radius 1 is 1.32 bits per heavy atom. The molecule has 210 valence electrons. The molecule has 0 bridgehead atoms. The van der Waals surface area contributed by atoms with Crippen LogP contribution in [0.1, 0.15) is 45.4 Å². The lowest BCUT2D eigenvalue weighted by atomic mass is 9.98. The number of nitrogens with one attached hydrogen (secondary N) is 2. The summed E-state index contributed by atoms with van der Waals surface area (Å²) in [7, 11) is -4.31. The lowest BCUT2D eigenvalue weighted by Crippen LogP contribution is -2.43. The van der Waals surface area contributed by atoms with Gasteiger partial charge in [-0.15, -0.1) is 0 Å². The van der Waals surface area contributed by atoms with Crippen molar-refractivity contribution in [1.29, 1.82) is 0 Å². The van der Waals surface area contributed by atoms with Gasteiger partial charge in [0.05, 0.1) is 13.2 Å². The summed E-state index contributed by atoms with van der Waals surface area (Å²) in [5.41, 5.74) is -3.19. The van der Waals surface area contributed by atoms with E-state index < -0.39 is 61.7 Å². The van der Waals surface area contributed by atoms with E-state index in [4.69, 9.17) is 18.5 Å². The van der Waals surface area contributed by atoms with E-state index in [1.807, 2.05) is 18.8 Å². The van der Waals surface area contributed by atoms with Crippen LogP contribution in [0.2, 0.25) is 0 Å². The van der Waals surface area contributed by atoms with Crippen molar-refractivity contribution in [2.75, 3.05) is 13.2 Å². The van der Waals surface area contributed by atoms with E-state index in [9.17, 15) is 24.1 Å². The van der Waals surface area contributed by atoms with Gasteiger partial charge in [0.2, 0.25) is 0 Å². The third-order valence-corrected chi connectivity index (χ3v) is 7.57. The molecular formula is C24H33FN3O9P. The minimum Gasteiger partial charge on any atom is -0.465 e. The maximum absolute atomic E-state index is 15.5. The minimum atomic E-state index is -4.31. The molecule has 1 aliphatic heterocycles. The zero-order valence-electron chi connectivity index (χ0n) is 21.6. The van der Waals surface area contributed by atoms with Crippen LogP contribution in [0.5, 0.6) is 5.75 Å². The number of halogens is 1. The van der Waals surface area contributed by atoms with Gasteiger partial charge in [-0.05, 0) is 39.3 Å². The molecule has 3 rings (SSSR count). The summed E-state index contributed by atoms with van der Waals surface area (Å²) in [6, 6.07) is 6.44. The van der Waals surface area contributed by atoms with Gasteiger partial charge in [-0.1, -0.05) is 31.0 Å². The first kappa shape index (κ1) is 29.7. The van der Waals surface area contributed by atoms with E-state index in [2.05, 4.69) is 5.09 Å². The Morgan fingerprint density at radius 3 is 2.63 bits per heavy atom. The van der Waals surface area contributed by atoms with Gasteiger partial charge in [-0.3, -0.25) is 23.7 Å². The van der Waals surface area contributed by atoms with E-state index in [0.717, 1.165) is 35.7 Å². The number of alkyl halides is 1. The lowest BCUT2D eigenvalue weighted by Gasteiger charge is -2.25. The summed E-state index contributed by atoms with van der Waals surface area (Å²) in [5.74, 6) is -0.514. The lowest BCUT2D eigenvalue weighted by molar-refractivity contribution is -0.145. The van der Waals surface area contributed by atoms with Gasteiger partial charge in [0, 0.05) is 12.3 Å². The Balaban J connectivity index is 1.78. The summed E-state index contributed by atoms with van der Waals surface area (Å²) in [6.07, 6.45) is -2.30. The number of aliphatic hydroxyl groups is 1. The van der Waals surface area contributed by atoms with Gasteiger partial charge in [0.1, 0.15) is 24.0 Å². The molecule has 0 spiro atoms. The molecule has 12 nitrogen and oxygen atoms in total. The second-order valence-corrected chi connectivity index (χ2v) is 10.9. The molecule has 1 aliphatic rings. The maximum Gasteiger partial charge on any atom is 0.459 e. The van der Waals surface area contributed by atoms with Crippen molar-refractivity contribution in [3.05, 3.63) is 62.9 Å². The third kappa shape index (κ3) is 7.17. The van der Waals surface area contributed by atoms with Crippen LogP contribution in [-0.2, 0) is 23.4 Å². The van der Waals surface area contributed by atoms with Crippen molar-refractivity contribution in [2.24, 2.45) is 0 Å². The Kier molecular flexibility index (Phi) is 9.66. The molecule has 2 heterocycles. The number of aliphatic hydroxyl groups excluding tert-OH is 1. The fourth-order valence-electron chi connectivity index (χ4n) is 3.69. The van der Waals surface area contributed by atoms with Crippen LogP contribution >= 0.6 is 7.75 Å². The van der Waals surface area contributed by atoms with Crippen LogP contribution < -0.4 is 20.9 Å². The molecule has 3 N–H and O–H groups in total. The first-order valence-corrected chi connectivity index (χ1v) is 13.7. The van der Waals surface area contributed by atoms with Gasteiger partial charge < -0.3 is 19.1 Å². The molecule has 0 saturated carbocycles. The third-order valence-electron chi connectivity index (χ3n) is 5.92. The normalized spacial score (nSPS) is 25.5. The van der Waals surface area contributed by atoms with Crippen LogP contribution in [0.4, 0.5) is 4.39 Å². The second-order valence-electron chi connectivity index (χ2n) is 9.21. The van der Waals surface area contributed by atoms with Crippen LogP contribution in [0.3, 0.4) is 0 Å². The first-order valence-electron chi connectivity index (χ1n) is 12.2. The van der Waals surface area contributed by atoms with E-state index in [-0.39, 0.29) is 12.4 Å². The Hall–Kier alpha value is -2.83. The number of aromatic amines is 1. The Morgan fingerprint density at radius 2 is 2.00 bits per heavy atom. The monoisotopic (exact) mass is 557 g/mol. The molecule has 0 radical (unpaired) electrons. The number of carbonyl (C=O) groups excluding carboxylic acids is 1. The highest BCUT2D eigenvalue weighted by Crippen LogP contribution is 2.47. The fraction of sp³-hybridized carbons (Fsp3) is 0.542. The maximum atomic E-state index is 15.5. The number of aryl methyl sites for hydroxylation is 1. The highest BCUT2D eigenvalue weighted by molar-refractivity contribution is 7.52. The fourth-order valence-corrected chi connectivity index (χ4v) is 5.20. The largest absolute Gasteiger partial charge is 0.465 e. The number of H-pyrrole nitrogens is 1. The number of carbonyl (C=O) groups is 1. The molecule has 1 unspecified atom stereocenters. The van der Waals surface area contributed by atoms with Crippen molar-refractivity contribution in [1.82, 2.24) is 14.6 Å². The quantitative estimate of drug-likeness (QED) is 0.201. The van der Waals surface area contributed by atoms with Crippen molar-refractivity contribution in [3.63, 3.8) is 0 Å². The predicted octanol–water partition coefficient (Wildman–Crippen LogP) is 2.36.